The molecule has 14 heteroatoms. The van der Waals surface area contributed by atoms with Gasteiger partial charge in [0, 0.05) is 68.3 Å². The zero-order chi connectivity index (χ0) is 49.8. The van der Waals surface area contributed by atoms with Crippen LogP contribution in [0.1, 0.15) is 115 Å². The molecule has 0 heterocycles. The molecule has 1 aliphatic rings. The molecule has 0 saturated carbocycles. The van der Waals surface area contributed by atoms with Crippen molar-refractivity contribution in [2.45, 2.75) is 124 Å². The highest BCUT2D eigenvalue weighted by molar-refractivity contribution is 5.84. The number of Topliss-reactive ketones (excluding diaryl/α,β-unsaturated/α-hetero) is 2. The third-order valence-electron chi connectivity index (χ3n) is 11.5. The predicted octanol–water partition coefficient (Wildman–Crippen LogP) is 8.85. The second-order valence-electron chi connectivity index (χ2n) is 17.3. The van der Waals surface area contributed by atoms with Gasteiger partial charge >= 0.3 is 0 Å². The van der Waals surface area contributed by atoms with E-state index in [1.165, 1.54) is 0 Å². The van der Waals surface area contributed by atoms with Gasteiger partial charge in [0.05, 0.1) is 59.3 Å². The number of aliphatic imine (C=N–C) groups is 1. The van der Waals surface area contributed by atoms with Gasteiger partial charge in [-0.25, -0.2) is 0 Å². The summed E-state index contributed by atoms with van der Waals surface area (Å²) in [6, 6.07) is 22.7. The molecule has 14 nitrogen and oxygen atoms in total. The number of ketones is 2. The number of methoxy groups -OCH3 is 4. The molecule has 0 fully saturated rings. The van der Waals surface area contributed by atoms with E-state index in [4.69, 9.17) is 33.2 Å². The van der Waals surface area contributed by atoms with E-state index >= 15 is 0 Å². The van der Waals surface area contributed by atoms with Crippen molar-refractivity contribution in [3.8, 4) is 45.6 Å². The van der Waals surface area contributed by atoms with Gasteiger partial charge in [-0.15, -0.1) is 0 Å². The minimum Gasteiger partial charge on any atom is -0.599 e. The summed E-state index contributed by atoms with van der Waals surface area (Å²) < 4.78 is 39.5. The molecule has 370 valence electrons. The van der Waals surface area contributed by atoms with Crippen molar-refractivity contribution in [2.24, 2.45) is 4.99 Å². The maximum Gasteiger partial charge on any atom is 0.247 e. The first kappa shape index (κ1) is 54.3. The lowest BCUT2D eigenvalue weighted by Crippen LogP contribution is -2.42. The summed E-state index contributed by atoms with van der Waals surface area (Å²) in [4.78, 5) is 41.4. The van der Waals surface area contributed by atoms with E-state index in [9.17, 15) is 19.5 Å². The number of carbonyl (C=O) groups excluding carboxylic acids is 3. The predicted molar refractivity (Wildman–Crippen MR) is 263 cm³/mol. The van der Waals surface area contributed by atoms with Crippen LogP contribution in [-0.2, 0) is 32.2 Å². The Hall–Kier alpha value is -6.28. The molecule has 0 bridgehead atoms. The van der Waals surface area contributed by atoms with Gasteiger partial charge in [0.1, 0.15) is 58.2 Å². The fourth-order valence-corrected chi connectivity index (χ4v) is 7.82. The Kier molecular flexibility index (Phi) is 22.0. The first-order valence-electron chi connectivity index (χ1n) is 23.5. The van der Waals surface area contributed by atoms with Crippen molar-refractivity contribution in [3.63, 3.8) is 0 Å². The van der Waals surface area contributed by atoms with Gasteiger partial charge in [-0.05, 0) is 82.6 Å². The van der Waals surface area contributed by atoms with Crippen molar-refractivity contribution in [3.05, 3.63) is 95.1 Å². The molecular formula is C54H72N3O11-. The van der Waals surface area contributed by atoms with Gasteiger partial charge < -0.3 is 58.1 Å². The van der Waals surface area contributed by atoms with Gasteiger partial charge in [-0.3, -0.25) is 9.79 Å². The van der Waals surface area contributed by atoms with Crippen LogP contribution >= 0.6 is 0 Å². The number of carbonyl (C=O) groups is 3. The number of nitrogens with one attached hydrogen (secondary N) is 1. The lowest BCUT2D eigenvalue weighted by molar-refractivity contribution is -0.251. The zero-order valence-corrected chi connectivity index (χ0v) is 41.9. The number of unbranched alkanes of at least 4 members (excludes halogenated alkanes) is 2. The average molecular weight is 939 g/mol. The van der Waals surface area contributed by atoms with Crippen molar-refractivity contribution in [1.29, 1.82) is 0 Å². The van der Waals surface area contributed by atoms with Gasteiger partial charge in [-0.1, -0.05) is 62.4 Å². The van der Waals surface area contributed by atoms with Crippen LogP contribution < -0.4 is 38.8 Å². The van der Waals surface area contributed by atoms with E-state index in [1.54, 1.807) is 66.2 Å². The second-order valence-corrected chi connectivity index (χ2v) is 17.3. The molecule has 4 aromatic carbocycles. The van der Waals surface area contributed by atoms with Crippen LogP contribution in [0.5, 0.6) is 34.5 Å². The summed E-state index contributed by atoms with van der Waals surface area (Å²) in [5, 5.41) is 16.2. The number of ether oxygens (including phenoxy) is 7. The highest BCUT2D eigenvalue weighted by Crippen LogP contribution is 2.44. The maximum atomic E-state index is 13.6. The van der Waals surface area contributed by atoms with Crippen LogP contribution in [0.3, 0.4) is 0 Å². The number of rotatable bonds is 26. The SMILES string of the molecule is COc1cc(OCCCCC(C)=O)cc(OC)c1CN(C(=O)[C@@H](C)N=C([O-])OCC1c2ccccc2-c2ccccc21)C(C)C.COc1cc(OCCCCC(C)=O)cc(OC)c1CNC(C)C. The normalized spacial score (nSPS) is 12.3. The Morgan fingerprint density at radius 1 is 0.662 bits per heavy atom. The van der Waals surface area contributed by atoms with Crippen molar-refractivity contribution in [1.82, 2.24) is 10.2 Å². The molecule has 0 saturated heterocycles. The van der Waals surface area contributed by atoms with Crippen molar-refractivity contribution in [2.75, 3.05) is 48.3 Å². The van der Waals surface area contributed by atoms with Gasteiger partial charge in [0.2, 0.25) is 5.91 Å². The number of hydrogen-bond acceptors (Lipinski definition) is 13. The fraction of sp³-hybridized carbons (Fsp3) is 0.481. The van der Waals surface area contributed by atoms with Crippen LogP contribution in [0.15, 0.2) is 77.8 Å². The number of amides is 1. The molecule has 0 spiro atoms. The number of hydrogen-bond donors (Lipinski definition) is 1. The maximum absolute atomic E-state index is 13.6. The fourth-order valence-electron chi connectivity index (χ4n) is 7.82. The van der Waals surface area contributed by atoms with E-state index < -0.39 is 12.1 Å². The summed E-state index contributed by atoms with van der Waals surface area (Å²) >= 11 is 0. The smallest absolute Gasteiger partial charge is 0.247 e. The van der Waals surface area contributed by atoms with Gasteiger partial charge in [0.25, 0.3) is 0 Å². The number of benzene rings is 4. The lowest BCUT2D eigenvalue weighted by atomic mass is 9.98. The summed E-state index contributed by atoms with van der Waals surface area (Å²) in [6.45, 7) is 14.8. The quantitative estimate of drug-likeness (QED) is 0.0362. The summed E-state index contributed by atoms with van der Waals surface area (Å²) in [5.41, 5.74) is 6.13. The third-order valence-corrected chi connectivity index (χ3v) is 11.5. The van der Waals surface area contributed by atoms with E-state index in [1.807, 2.05) is 50.2 Å². The highest BCUT2D eigenvalue weighted by Gasteiger charge is 2.28. The molecule has 68 heavy (non-hydrogen) atoms. The monoisotopic (exact) mass is 939 g/mol. The van der Waals surface area contributed by atoms with Crippen LogP contribution in [0.2, 0.25) is 0 Å². The minimum atomic E-state index is -0.961. The first-order chi connectivity index (χ1) is 32.6. The standard InChI is InChI=1S/C36H44N2O7.C18H29NO4/c1-23(2)38(21-31-33(42-5)19-26(20-34(31)43-6)44-18-12-11-13-24(3)39)35(40)25(4)37-36(41)45-22-32-29-16-9-7-14-27(29)28-15-8-10-17-30(28)32;1-13(2)19-12-16-17(21-4)10-15(11-18(16)22-5)23-9-7-6-8-14(3)20/h7-10,14-17,19-20,23,25,32H,11-13,18,21-22H2,1-6H3,(H,37,41);10-11,13,19H,6-9,12H2,1-5H3/p-1/t25-;/m1./s1. The minimum absolute atomic E-state index is 0.0952. The van der Waals surface area contributed by atoms with Crippen molar-refractivity contribution < 1.29 is 52.6 Å². The number of fused-ring (bicyclic) bond motifs is 3. The number of nitrogens with zero attached hydrogens (tertiary/aromatic N) is 2. The van der Waals surface area contributed by atoms with Crippen LogP contribution in [0.25, 0.3) is 11.1 Å². The highest BCUT2D eigenvalue weighted by atomic mass is 16.6. The van der Waals surface area contributed by atoms with E-state index in [0.29, 0.717) is 61.5 Å². The molecule has 1 atom stereocenters. The molecular weight excluding hydrogens is 867 g/mol. The van der Waals surface area contributed by atoms with Gasteiger partial charge in [0.15, 0.2) is 0 Å². The van der Waals surface area contributed by atoms with Gasteiger partial charge in [-0.2, -0.15) is 0 Å². The molecule has 1 amide bonds. The largest absolute Gasteiger partial charge is 0.599 e. The molecule has 1 aliphatic carbocycles. The molecule has 0 unspecified atom stereocenters. The lowest BCUT2D eigenvalue weighted by Gasteiger charge is -2.30. The molecule has 0 aromatic heterocycles. The van der Waals surface area contributed by atoms with E-state index in [2.05, 4.69) is 48.4 Å². The van der Waals surface area contributed by atoms with E-state index in [0.717, 1.165) is 70.7 Å². The Morgan fingerprint density at radius 2 is 1.10 bits per heavy atom. The molecule has 5 rings (SSSR count). The third kappa shape index (κ3) is 15.9. The van der Waals surface area contributed by atoms with E-state index in [-0.39, 0.29) is 42.6 Å². The van der Waals surface area contributed by atoms with Crippen LogP contribution in [0, 0.1) is 0 Å². The topological polar surface area (TPSA) is 167 Å². The van der Waals surface area contributed by atoms with Crippen LogP contribution in [-0.4, -0.2) is 94.8 Å². The Balaban J connectivity index is 0.000000369. The summed E-state index contributed by atoms with van der Waals surface area (Å²) in [5.74, 6) is 3.75. The molecule has 4 aromatic rings. The Morgan fingerprint density at radius 3 is 1.51 bits per heavy atom. The zero-order valence-electron chi connectivity index (χ0n) is 41.9. The Bertz CT molecular complexity index is 2200. The molecule has 1 N–H and O–H groups in total. The summed E-state index contributed by atoms with van der Waals surface area (Å²) in [7, 11) is 6.38. The Labute approximate surface area is 403 Å². The molecule has 0 aliphatic heterocycles. The average Bonchev–Trinajstić information content (AvgIpc) is 3.64. The second kappa shape index (κ2) is 27.5. The first-order valence-corrected chi connectivity index (χ1v) is 23.5. The molecule has 0 radical (unpaired) electrons. The summed E-state index contributed by atoms with van der Waals surface area (Å²) in [6.07, 6.45) is 3.55. The van der Waals surface area contributed by atoms with Crippen LogP contribution in [0.4, 0.5) is 0 Å². The van der Waals surface area contributed by atoms with Crippen molar-refractivity contribution >= 4 is 23.6 Å².